The highest BCUT2D eigenvalue weighted by Crippen LogP contribution is 2.17. The van der Waals surface area contributed by atoms with E-state index < -0.39 is 0 Å². The monoisotopic (exact) mass is 267 g/mol. The Balaban J connectivity index is 1.58. The van der Waals surface area contributed by atoms with Crippen LogP contribution in [-0.4, -0.2) is 37.0 Å². The fourth-order valence-corrected chi connectivity index (χ4v) is 2.93. The lowest BCUT2D eigenvalue weighted by molar-refractivity contribution is -0.126. The van der Waals surface area contributed by atoms with Gasteiger partial charge in [0.1, 0.15) is 0 Å². The zero-order chi connectivity index (χ0) is 13.5. The molecule has 5 nitrogen and oxygen atoms in total. The molecule has 1 aliphatic carbocycles. The van der Waals surface area contributed by atoms with Gasteiger partial charge < -0.3 is 16.0 Å². The molecule has 108 valence electrons. The summed E-state index contributed by atoms with van der Waals surface area (Å²) in [4.78, 5) is 23.4. The molecule has 2 rings (SSSR count). The Hall–Kier alpha value is -1.10. The van der Waals surface area contributed by atoms with Crippen LogP contribution >= 0.6 is 0 Å². The largest absolute Gasteiger partial charge is 0.352 e. The molecule has 0 aromatic rings. The van der Waals surface area contributed by atoms with Crippen molar-refractivity contribution in [3.05, 3.63) is 0 Å². The molecule has 0 aromatic carbocycles. The van der Waals surface area contributed by atoms with Crippen LogP contribution in [-0.2, 0) is 9.59 Å². The van der Waals surface area contributed by atoms with E-state index in [4.69, 9.17) is 0 Å². The van der Waals surface area contributed by atoms with E-state index in [2.05, 4.69) is 16.0 Å². The van der Waals surface area contributed by atoms with E-state index >= 15 is 0 Å². The summed E-state index contributed by atoms with van der Waals surface area (Å²) >= 11 is 0. The Morgan fingerprint density at radius 3 is 2.47 bits per heavy atom. The Morgan fingerprint density at radius 1 is 1.00 bits per heavy atom. The van der Waals surface area contributed by atoms with E-state index in [1.807, 2.05) is 0 Å². The summed E-state index contributed by atoms with van der Waals surface area (Å²) < 4.78 is 0. The second-order valence-corrected chi connectivity index (χ2v) is 5.68. The molecular weight excluding hydrogens is 242 g/mol. The first-order valence-electron chi connectivity index (χ1n) is 7.53. The lowest BCUT2D eigenvalue weighted by atomic mass is 9.95. The normalized spacial score (nSPS) is 24.1. The van der Waals surface area contributed by atoms with Crippen LogP contribution in [0.5, 0.6) is 0 Å². The molecule has 1 saturated carbocycles. The van der Waals surface area contributed by atoms with Crippen molar-refractivity contribution in [2.45, 2.75) is 63.5 Å². The molecule has 5 heteroatoms. The lowest BCUT2D eigenvalue weighted by Crippen LogP contribution is -2.43. The Bertz CT molecular complexity index is 308. The van der Waals surface area contributed by atoms with Gasteiger partial charge in [-0.1, -0.05) is 19.3 Å². The van der Waals surface area contributed by atoms with Gasteiger partial charge >= 0.3 is 0 Å². The molecule has 19 heavy (non-hydrogen) atoms. The summed E-state index contributed by atoms with van der Waals surface area (Å²) in [5.74, 6) is -0.0853. The van der Waals surface area contributed by atoms with Crippen molar-refractivity contribution in [3.8, 4) is 0 Å². The second-order valence-electron chi connectivity index (χ2n) is 5.68. The minimum absolute atomic E-state index is 0.0294. The third kappa shape index (κ3) is 5.19. The van der Waals surface area contributed by atoms with Crippen LogP contribution in [0.1, 0.15) is 51.4 Å². The van der Waals surface area contributed by atoms with Gasteiger partial charge in [-0.3, -0.25) is 9.59 Å². The molecule has 2 fully saturated rings. The van der Waals surface area contributed by atoms with Gasteiger partial charge in [0.2, 0.25) is 11.8 Å². The van der Waals surface area contributed by atoms with Gasteiger partial charge in [0.05, 0.1) is 6.54 Å². The molecule has 0 aromatic heterocycles. The van der Waals surface area contributed by atoms with Crippen molar-refractivity contribution in [1.29, 1.82) is 0 Å². The number of hydrogen-bond acceptors (Lipinski definition) is 3. The van der Waals surface area contributed by atoms with Crippen LogP contribution in [0, 0.1) is 0 Å². The summed E-state index contributed by atoms with van der Waals surface area (Å²) in [6.07, 6.45) is 8.50. The highest BCUT2D eigenvalue weighted by Gasteiger charge is 2.19. The van der Waals surface area contributed by atoms with Gasteiger partial charge in [-0.25, -0.2) is 0 Å². The van der Waals surface area contributed by atoms with Crippen molar-refractivity contribution >= 4 is 11.8 Å². The topological polar surface area (TPSA) is 70.2 Å². The summed E-state index contributed by atoms with van der Waals surface area (Å²) in [7, 11) is 0. The van der Waals surface area contributed by atoms with Crippen LogP contribution in [0.2, 0.25) is 0 Å². The fraction of sp³-hybridized carbons (Fsp3) is 0.857. The van der Waals surface area contributed by atoms with Gasteiger partial charge in [0, 0.05) is 18.5 Å². The average Bonchev–Trinajstić information content (AvgIpc) is 2.90. The number of carbonyl (C=O) groups excluding carboxylic acids is 2. The fourth-order valence-electron chi connectivity index (χ4n) is 2.93. The molecular formula is C14H25N3O2. The van der Waals surface area contributed by atoms with E-state index in [1.54, 1.807) is 0 Å². The minimum Gasteiger partial charge on any atom is -0.352 e. The first kappa shape index (κ1) is 14.3. The van der Waals surface area contributed by atoms with Crippen molar-refractivity contribution < 1.29 is 9.59 Å². The summed E-state index contributed by atoms with van der Waals surface area (Å²) in [5.41, 5.74) is 0. The molecule has 2 amide bonds. The Kier molecular flexibility index (Phi) is 5.63. The molecule has 2 aliphatic rings. The van der Waals surface area contributed by atoms with Crippen LogP contribution in [0.4, 0.5) is 0 Å². The van der Waals surface area contributed by atoms with Gasteiger partial charge in [-0.05, 0) is 32.2 Å². The first-order chi connectivity index (χ1) is 9.24. The Labute approximate surface area is 114 Å². The summed E-state index contributed by atoms with van der Waals surface area (Å²) in [5, 5.41) is 8.99. The number of rotatable bonds is 5. The maximum atomic E-state index is 11.7. The highest BCUT2D eigenvalue weighted by atomic mass is 16.2. The smallest absolute Gasteiger partial charge is 0.239 e. The maximum Gasteiger partial charge on any atom is 0.239 e. The number of hydrogen-bond donors (Lipinski definition) is 3. The van der Waals surface area contributed by atoms with Crippen molar-refractivity contribution in [1.82, 2.24) is 16.0 Å². The van der Waals surface area contributed by atoms with Gasteiger partial charge in [0.15, 0.2) is 0 Å². The number of carbonyl (C=O) groups is 2. The summed E-state index contributed by atoms with van der Waals surface area (Å²) in [6, 6.07) is 0.607. The molecule has 1 aliphatic heterocycles. The van der Waals surface area contributed by atoms with Crippen LogP contribution in [0.25, 0.3) is 0 Å². The van der Waals surface area contributed by atoms with Gasteiger partial charge in [0.25, 0.3) is 0 Å². The second kappa shape index (κ2) is 7.48. The zero-order valence-electron chi connectivity index (χ0n) is 11.5. The van der Waals surface area contributed by atoms with E-state index in [9.17, 15) is 9.59 Å². The molecule has 3 N–H and O–H groups in total. The van der Waals surface area contributed by atoms with Crippen molar-refractivity contribution in [2.24, 2.45) is 0 Å². The van der Waals surface area contributed by atoms with Crippen LogP contribution < -0.4 is 16.0 Å². The highest BCUT2D eigenvalue weighted by molar-refractivity contribution is 5.85. The van der Waals surface area contributed by atoms with E-state index in [0.717, 1.165) is 32.2 Å². The van der Waals surface area contributed by atoms with E-state index in [1.165, 1.54) is 19.3 Å². The van der Waals surface area contributed by atoms with Gasteiger partial charge in [-0.15, -0.1) is 0 Å². The number of amides is 2. The average molecular weight is 267 g/mol. The van der Waals surface area contributed by atoms with Gasteiger partial charge in [-0.2, -0.15) is 0 Å². The van der Waals surface area contributed by atoms with E-state index in [-0.39, 0.29) is 18.4 Å². The maximum absolute atomic E-state index is 11.7. The van der Waals surface area contributed by atoms with E-state index in [0.29, 0.717) is 18.5 Å². The first-order valence-corrected chi connectivity index (χ1v) is 7.53. The predicted octanol–water partition coefficient (Wildman–Crippen LogP) is 0.694. The third-order valence-corrected chi connectivity index (χ3v) is 4.01. The molecule has 0 spiro atoms. The lowest BCUT2D eigenvalue weighted by Gasteiger charge is -2.22. The minimum atomic E-state index is -0.0559. The molecule has 0 bridgehead atoms. The molecule has 1 saturated heterocycles. The SMILES string of the molecule is O=C(CC1CCCN1)NCC(=O)NC1CCCCC1. The number of nitrogens with one attached hydrogen (secondary N) is 3. The molecule has 1 unspecified atom stereocenters. The molecule has 0 radical (unpaired) electrons. The van der Waals surface area contributed by atoms with Crippen LogP contribution in [0.15, 0.2) is 0 Å². The Morgan fingerprint density at radius 2 is 1.79 bits per heavy atom. The zero-order valence-corrected chi connectivity index (χ0v) is 11.5. The predicted molar refractivity (Wildman–Crippen MR) is 73.7 cm³/mol. The van der Waals surface area contributed by atoms with Crippen molar-refractivity contribution in [2.75, 3.05) is 13.1 Å². The molecule has 1 atom stereocenters. The quantitative estimate of drug-likeness (QED) is 0.686. The molecule has 1 heterocycles. The van der Waals surface area contributed by atoms with Crippen LogP contribution in [0.3, 0.4) is 0 Å². The standard InChI is InChI=1S/C14H25N3O2/c18-13(9-12-7-4-8-15-12)16-10-14(19)17-11-5-2-1-3-6-11/h11-12,15H,1-10H2,(H,16,18)(H,17,19). The summed E-state index contributed by atoms with van der Waals surface area (Å²) in [6.45, 7) is 1.11. The third-order valence-electron chi connectivity index (χ3n) is 4.01. The van der Waals surface area contributed by atoms with Crippen molar-refractivity contribution in [3.63, 3.8) is 0 Å².